The number of rotatable bonds is 28. The van der Waals surface area contributed by atoms with Gasteiger partial charge in [-0.25, -0.2) is 0 Å². The minimum Gasteiger partial charge on any atom is -0.370 e. The van der Waals surface area contributed by atoms with Gasteiger partial charge in [0.25, 0.3) is 0 Å². The molecule has 4 atom stereocenters. The summed E-state index contributed by atoms with van der Waals surface area (Å²) in [5, 5.41) is 0. The van der Waals surface area contributed by atoms with Crippen molar-refractivity contribution in [3.63, 3.8) is 0 Å². The molecule has 4 fully saturated rings. The fourth-order valence-corrected chi connectivity index (χ4v) is 9.13. The van der Waals surface area contributed by atoms with E-state index in [1.54, 1.807) is 0 Å². The molecule has 4 rings (SSSR count). The van der Waals surface area contributed by atoms with E-state index in [1.807, 2.05) is 0 Å². The largest absolute Gasteiger partial charge is 0.370 e. The fourth-order valence-electron chi connectivity index (χ4n) is 9.13. The first-order chi connectivity index (χ1) is 22.3. The zero-order valence-corrected chi connectivity index (χ0v) is 30.5. The second kappa shape index (κ2) is 23.3. The van der Waals surface area contributed by atoms with Gasteiger partial charge < -0.3 is 14.2 Å². The quantitative estimate of drug-likeness (QED) is 0.0637. The molecule has 3 heteroatoms. The van der Waals surface area contributed by atoms with Gasteiger partial charge in [-0.05, 0) is 49.4 Å². The van der Waals surface area contributed by atoms with Crippen molar-refractivity contribution in [3.05, 3.63) is 0 Å². The Balaban J connectivity index is 1.05. The van der Waals surface area contributed by atoms with Crippen LogP contribution in [0.25, 0.3) is 0 Å². The highest BCUT2D eigenvalue weighted by Gasteiger charge is 2.47. The summed E-state index contributed by atoms with van der Waals surface area (Å²) in [6.45, 7) is 6.47. The summed E-state index contributed by atoms with van der Waals surface area (Å²) < 4.78 is 19.0. The molecule has 2 heterocycles. The van der Waals surface area contributed by atoms with Gasteiger partial charge in [0.2, 0.25) is 0 Å². The third kappa shape index (κ3) is 15.8. The van der Waals surface area contributed by atoms with Crippen LogP contribution in [0.3, 0.4) is 0 Å². The molecule has 0 aromatic rings. The first-order valence-corrected chi connectivity index (χ1v) is 21.2. The number of unbranched alkanes of at least 4 members (excludes halogenated alkanes) is 18. The lowest BCUT2D eigenvalue weighted by molar-refractivity contribution is -0.104. The summed E-state index contributed by atoms with van der Waals surface area (Å²) >= 11 is 0. The van der Waals surface area contributed by atoms with Gasteiger partial charge in [-0.3, -0.25) is 0 Å². The van der Waals surface area contributed by atoms with Crippen molar-refractivity contribution in [2.45, 2.75) is 231 Å². The van der Waals surface area contributed by atoms with Crippen LogP contribution >= 0.6 is 0 Å². The van der Waals surface area contributed by atoms with Gasteiger partial charge in [0.05, 0.1) is 25.4 Å². The molecule has 2 aliphatic heterocycles. The highest BCUT2D eigenvalue weighted by molar-refractivity contribution is 4.94. The molecular weight excluding hydrogens is 552 g/mol. The van der Waals surface area contributed by atoms with Crippen molar-refractivity contribution in [1.29, 1.82) is 0 Å². The maximum Gasteiger partial charge on any atom is 0.107 e. The van der Waals surface area contributed by atoms with Crippen LogP contribution in [0.5, 0.6) is 0 Å². The van der Waals surface area contributed by atoms with Gasteiger partial charge in [-0.15, -0.1) is 0 Å². The van der Waals surface area contributed by atoms with E-state index in [1.165, 1.54) is 193 Å². The van der Waals surface area contributed by atoms with Crippen molar-refractivity contribution in [2.24, 2.45) is 23.7 Å². The maximum absolute atomic E-state index is 7.13. The maximum atomic E-state index is 7.13. The number of hydrogen-bond acceptors (Lipinski definition) is 3. The molecule has 2 saturated carbocycles. The molecule has 0 N–H and O–H groups in total. The highest BCUT2D eigenvalue weighted by Crippen LogP contribution is 2.43. The third-order valence-electron chi connectivity index (χ3n) is 12.4. The Kier molecular flexibility index (Phi) is 19.5. The van der Waals surface area contributed by atoms with Crippen molar-refractivity contribution < 1.29 is 14.2 Å². The van der Waals surface area contributed by atoms with E-state index in [9.17, 15) is 0 Å². The molecular formula is C42H78O3. The van der Waals surface area contributed by atoms with Crippen LogP contribution in [0.15, 0.2) is 0 Å². The molecule has 2 aliphatic carbocycles. The average Bonchev–Trinajstić information content (AvgIpc) is 4.00. The SMILES string of the molecule is CCCCCCCCCCCCC1CCC(C(OC(C2CCC(CCCCCCCCCCCC)CC2)C2CO2)C2CO2)CC1. The van der Waals surface area contributed by atoms with E-state index < -0.39 is 0 Å². The monoisotopic (exact) mass is 631 g/mol. The van der Waals surface area contributed by atoms with Crippen LogP contribution in [-0.2, 0) is 14.2 Å². The normalized spacial score (nSPS) is 29.5. The van der Waals surface area contributed by atoms with Crippen molar-refractivity contribution >= 4 is 0 Å². The van der Waals surface area contributed by atoms with Gasteiger partial charge in [0.15, 0.2) is 0 Å². The van der Waals surface area contributed by atoms with E-state index in [-0.39, 0.29) is 0 Å². The first-order valence-electron chi connectivity index (χ1n) is 21.2. The van der Waals surface area contributed by atoms with Crippen LogP contribution in [0.4, 0.5) is 0 Å². The Morgan fingerprint density at radius 1 is 0.422 bits per heavy atom. The Morgan fingerprint density at radius 2 is 0.711 bits per heavy atom. The highest BCUT2D eigenvalue weighted by atomic mass is 16.6. The summed E-state index contributed by atoms with van der Waals surface area (Å²) in [6.07, 6.45) is 44.4. The molecule has 45 heavy (non-hydrogen) atoms. The van der Waals surface area contributed by atoms with Crippen LogP contribution in [0.1, 0.15) is 206 Å². The van der Waals surface area contributed by atoms with Crippen molar-refractivity contribution in [1.82, 2.24) is 0 Å². The average molecular weight is 631 g/mol. The lowest BCUT2D eigenvalue weighted by atomic mass is 9.75. The molecule has 0 bridgehead atoms. The third-order valence-corrected chi connectivity index (χ3v) is 12.4. The van der Waals surface area contributed by atoms with Crippen LogP contribution in [0, 0.1) is 23.7 Å². The van der Waals surface area contributed by atoms with E-state index >= 15 is 0 Å². The predicted molar refractivity (Wildman–Crippen MR) is 192 cm³/mol. The zero-order chi connectivity index (χ0) is 31.4. The first kappa shape index (κ1) is 37.7. The standard InChI is InChI=1S/C42H78O3/c1-3-5-7-9-11-13-15-17-19-21-23-35-25-29-37(30-26-35)41(39-33-43-39)45-42(40-34-44-40)38-31-27-36(28-32-38)24-22-20-18-16-14-12-10-8-6-4-2/h35-42H,3-34H2,1-2H3. The predicted octanol–water partition coefficient (Wildman–Crippen LogP) is 12.8. The van der Waals surface area contributed by atoms with Gasteiger partial charge in [0, 0.05) is 0 Å². The fraction of sp³-hybridized carbons (Fsp3) is 1.00. The van der Waals surface area contributed by atoms with Crippen LogP contribution in [0.2, 0.25) is 0 Å². The van der Waals surface area contributed by atoms with Crippen LogP contribution in [-0.4, -0.2) is 37.6 Å². The second-order valence-corrected chi connectivity index (χ2v) is 16.3. The molecule has 0 radical (unpaired) electrons. The smallest absolute Gasteiger partial charge is 0.107 e. The minimum absolute atomic E-state index is 0.321. The lowest BCUT2D eigenvalue weighted by Crippen LogP contribution is -2.41. The van der Waals surface area contributed by atoms with E-state index in [4.69, 9.17) is 14.2 Å². The topological polar surface area (TPSA) is 34.3 Å². The molecule has 4 aliphatic rings. The summed E-state index contributed by atoms with van der Waals surface area (Å²) in [5.74, 6) is 3.33. The lowest BCUT2D eigenvalue weighted by Gasteiger charge is -2.39. The molecule has 3 nitrogen and oxygen atoms in total. The van der Waals surface area contributed by atoms with E-state index in [2.05, 4.69) is 13.8 Å². The zero-order valence-electron chi connectivity index (χ0n) is 30.5. The van der Waals surface area contributed by atoms with E-state index in [0.717, 1.165) is 25.0 Å². The molecule has 2 saturated heterocycles. The van der Waals surface area contributed by atoms with Crippen molar-refractivity contribution in [2.75, 3.05) is 13.2 Å². The number of hydrogen-bond donors (Lipinski definition) is 0. The molecule has 0 amide bonds. The Morgan fingerprint density at radius 3 is 1.00 bits per heavy atom. The number of epoxide rings is 2. The van der Waals surface area contributed by atoms with Gasteiger partial charge >= 0.3 is 0 Å². The molecule has 4 unspecified atom stereocenters. The number of ether oxygens (including phenoxy) is 3. The second-order valence-electron chi connectivity index (χ2n) is 16.3. The Labute approximate surface area is 281 Å². The molecule has 0 spiro atoms. The Hall–Kier alpha value is -0.120. The molecule has 0 aromatic carbocycles. The Bertz CT molecular complexity index is 628. The van der Waals surface area contributed by atoms with E-state index in [0.29, 0.717) is 36.3 Å². The molecule has 0 aromatic heterocycles. The summed E-state index contributed by atoms with van der Waals surface area (Å²) in [7, 11) is 0. The summed E-state index contributed by atoms with van der Waals surface area (Å²) in [5.41, 5.74) is 0. The van der Waals surface area contributed by atoms with Gasteiger partial charge in [-0.1, -0.05) is 181 Å². The van der Waals surface area contributed by atoms with Gasteiger partial charge in [0.1, 0.15) is 12.2 Å². The molecule has 264 valence electrons. The van der Waals surface area contributed by atoms with Gasteiger partial charge in [-0.2, -0.15) is 0 Å². The summed E-state index contributed by atoms with van der Waals surface area (Å²) in [6, 6.07) is 0. The minimum atomic E-state index is 0.321. The summed E-state index contributed by atoms with van der Waals surface area (Å²) in [4.78, 5) is 0. The van der Waals surface area contributed by atoms with Crippen molar-refractivity contribution in [3.8, 4) is 0 Å². The van der Waals surface area contributed by atoms with Crippen LogP contribution < -0.4 is 0 Å².